The average molecular weight is 275 g/mol. The Bertz CT molecular complexity index is 706. The molecular formula is C13H13N3O4. The van der Waals surface area contributed by atoms with Crippen LogP contribution in [0.3, 0.4) is 0 Å². The molecule has 1 aliphatic rings. The molecular weight excluding hydrogens is 262 g/mol. The third-order valence-electron chi connectivity index (χ3n) is 3.92. The molecule has 1 amide bonds. The van der Waals surface area contributed by atoms with Gasteiger partial charge in [-0.15, -0.1) is 0 Å². The second kappa shape index (κ2) is 4.03. The third-order valence-corrected chi connectivity index (χ3v) is 3.92. The van der Waals surface area contributed by atoms with E-state index in [9.17, 15) is 9.59 Å². The number of anilines is 1. The number of carboxylic acids is 1. The zero-order valence-corrected chi connectivity index (χ0v) is 11.0. The Morgan fingerprint density at radius 1 is 1.30 bits per heavy atom. The number of carboxylic acid groups (broad SMARTS) is 1. The van der Waals surface area contributed by atoms with Crippen LogP contribution in [-0.2, 0) is 9.59 Å². The molecule has 2 atom stereocenters. The van der Waals surface area contributed by atoms with Crippen molar-refractivity contribution >= 4 is 28.6 Å². The summed E-state index contributed by atoms with van der Waals surface area (Å²) in [6, 6.07) is 5.10. The Morgan fingerprint density at radius 3 is 2.70 bits per heavy atom. The van der Waals surface area contributed by atoms with E-state index in [0.717, 1.165) is 0 Å². The lowest BCUT2D eigenvalue weighted by Gasteiger charge is -2.05. The number of aromatic nitrogens is 2. The van der Waals surface area contributed by atoms with E-state index in [1.165, 1.54) is 0 Å². The molecule has 7 heteroatoms. The minimum Gasteiger partial charge on any atom is -0.481 e. The van der Waals surface area contributed by atoms with Crippen LogP contribution in [0.1, 0.15) is 13.8 Å². The van der Waals surface area contributed by atoms with Gasteiger partial charge in [-0.2, -0.15) is 0 Å². The van der Waals surface area contributed by atoms with E-state index in [2.05, 4.69) is 20.3 Å². The summed E-state index contributed by atoms with van der Waals surface area (Å²) in [7, 11) is 0. The second-order valence-electron chi connectivity index (χ2n) is 5.54. The number of hydrogen-bond acceptors (Lipinski definition) is 5. The third kappa shape index (κ3) is 1.74. The van der Waals surface area contributed by atoms with Crippen LogP contribution in [0.5, 0.6) is 0 Å². The Hall–Kier alpha value is -2.44. The summed E-state index contributed by atoms with van der Waals surface area (Å²) in [6.07, 6.45) is 0. The summed E-state index contributed by atoms with van der Waals surface area (Å²) in [4.78, 5) is 23.3. The molecule has 0 spiro atoms. The topological polar surface area (TPSA) is 105 Å². The van der Waals surface area contributed by atoms with Gasteiger partial charge < -0.3 is 10.4 Å². The highest BCUT2D eigenvalue weighted by atomic mass is 16.6. The smallest absolute Gasteiger partial charge is 0.307 e. The molecule has 1 aromatic carbocycles. The molecule has 3 rings (SSSR count). The van der Waals surface area contributed by atoms with Crippen LogP contribution < -0.4 is 5.32 Å². The fourth-order valence-corrected chi connectivity index (χ4v) is 2.71. The molecule has 0 aliphatic heterocycles. The van der Waals surface area contributed by atoms with Gasteiger partial charge >= 0.3 is 5.97 Å². The van der Waals surface area contributed by atoms with Crippen LogP contribution in [0.2, 0.25) is 0 Å². The van der Waals surface area contributed by atoms with Crippen molar-refractivity contribution in [1.82, 2.24) is 10.3 Å². The molecule has 7 nitrogen and oxygen atoms in total. The fraction of sp³-hybridized carbons (Fsp3) is 0.385. The van der Waals surface area contributed by atoms with E-state index >= 15 is 0 Å². The molecule has 20 heavy (non-hydrogen) atoms. The number of hydrogen-bond donors (Lipinski definition) is 2. The lowest BCUT2D eigenvalue weighted by atomic mass is 10.1. The van der Waals surface area contributed by atoms with Crippen molar-refractivity contribution in [2.45, 2.75) is 13.8 Å². The van der Waals surface area contributed by atoms with E-state index in [1.54, 1.807) is 32.0 Å². The molecule has 0 radical (unpaired) electrons. The number of benzene rings is 1. The zero-order chi connectivity index (χ0) is 14.5. The van der Waals surface area contributed by atoms with Gasteiger partial charge in [0.05, 0.1) is 17.5 Å². The van der Waals surface area contributed by atoms with Gasteiger partial charge in [-0.05, 0) is 27.9 Å². The van der Waals surface area contributed by atoms with Crippen LogP contribution in [0.4, 0.5) is 5.69 Å². The monoisotopic (exact) mass is 275 g/mol. The summed E-state index contributed by atoms with van der Waals surface area (Å²) < 4.78 is 4.62. The lowest BCUT2D eigenvalue weighted by Crippen LogP contribution is -2.17. The summed E-state index contributed by atoms with van der Waals surface area (Å²) in [5, 5.41) is 19.2. The van der Waals surface area contributed by atoms with Crippen molar-refractivity contribution in [2.24, 2.45) is 17.3 Å². The van der Waals surface area contributed by atoms with Crippen molar-refractivity contribution in [3.05, 3.63) is 18.2 Å². The van der Waals surface area contributed by atoms with Crippen molar-refractivity contribution in [2.75, 3.05) is 5.32 Å². The predicted octanol–water partition coefficient (Wildman–Crippen LogP) is 1.52. The quantitative estimate of drug-likeness (QED) is 0.879. The minimum atomic E-state index is -0.948. The highest BCUT2D eigenvalue weighted by Crippen LogP contribution is 2.58. The van der Waals surface area contributed by atoms with Crippen molar-refractivity contribution < 1.29 is 19.3 Å². The first kappa shape index (κ1) is 12.6. The van der Waals surface area contributed by atoms with Crippen molar-refractivity contribution in [3.63, 3.8) is 0 Å². The van der Waals surface area contributed by atoms with E-state index in [4.69, 9.17) is 5.11 Å². The maximum Gasteiger partial charge on any atom is 0.307 e. The lowest BCUT2D eigenvalue weighted by molar-refractivity contribution is -0.140. The Labute approximate surface area is 113 Å². The van der Waals surface area contributed by atoms with E-state index < -0.39 is 23.2 Å². The SMILES string of the molecule is CC1(C)[C@H](C(=O)O)[C@H]1C(=O)Nc1cccc2nonc12. The Balaban J connectivity index is 1.84. The predicted molar refractivity (Wildman–Crippen MR) is 68.8 cm³/mol. The molecule has 1 aliphatic carbocycles. The van der Waals surface area contributed by atoms with Gasteiger partial charge in [-0.25, -0.2) is 4.63 Å². The number of nitrogens with zero attached hydrogens (tertiary/aromatic N) is 2. The average Bonchev–Trinajstić information content (AvgIpc) is 2.73. The standard InChI is InChI=1S/C13H13N3O4/c1-13(2)8(9(13)12(18)19)11(17)14-6-4-3-5-7-10(6)16-20-15-7/h3-5,8-9H,1-2H3,(H,14,17)(H,18,19)/t8-,9-/m0/s1. The largest absolute Gasteiger partial charge is 0.481 e. The first-order valence-corrected chi connectivity index (χ1v) is 6.18. The Morgan fingerprint density at radius 2 is 2.05 bits per heavy atom. The number of aliphatic carboxylic acids is 1. The Kier molecular flexibility index (Phi) is 2.53. The number of fused-ring (bicyclic) bond motifs is 1. The number of nitrogens with one attached hydrogen (secondary N) is 1. The first-order valence-electron chi connectivity index (χ1n) is 6.18. The fourth-order valence-electron chi connectivity index (χ4n) is 2.71. The molecule has 0 unspecified atom stereocenters. The number of amides is 1. The maximum atomic E-state index is 12.2. The van der Waals surface area contributed by atoms with Crippen LogP contribution in [0, 0.1) is 17.3 Å². The van der Waals surface area contributed by atoms with Gasteiger partial charge in [-0.1, -0.05) is 19.9 Å². The molecule has 0 bridgehead atoms. The van der Waals surface area contributed by atoms with Crippen LogP contribution in [0.25, 0.3) is 11.0 Å². The van der Waals surface area contributed by atoms with Crippen molar-refractivity contribution in [3.8, 4) is 0 Å². The number of rotatable bonds is 3. The van der Waals surface area contributed by atoms with Gasteiger partial charge in [0, 0.05) is 0 Å². The van der Waals surface area contributed by atoms with Gasteiger partial charge in [-0.3, -0.25) is 9.59 Å². The molecule has 1 fully saturated rings. The van der Waals surface area contributed by atoms with E-state index in [0.29, 0.717) is 16.7 Å². The van der Waals surface area contributed by atoms with Crippen molar-refractivity contribution in [1.29, 1.82) is 0 Å². The zero-order valence-electron chi connectivity index (χ0n) is 11.0. The molecule has 1 aromatic heterocycles. The van der Waals surface area contributed by atoms with Gasteiger partial charge in [0.25, 0.3) is 0 Å². The highest BCUT2D eigenvalue weighted by Gasteiger charge is 2.65. The van der Waals surface area contributed by atoms with Crippen LogP contribution in [0.15, 0.2) is 22.8 Å². The maximum absolute atomic E-state index is 12.2. The van der Waals surface area contributed by atoms with E-state index in [1.807, 2.05) is 0 Å². The van der Waals surface area contributed by atoms with Crippen LogP contribution >= 0.6 is 0 Å². The van der Waals surface area contributed by atoms with E-state index in [-0.39, 0.29) is 5.91 Å². The summed E-state index contributed by atoms with van der Waals surface area (Å²) in [5.41, 5.74) is 0.922. The van der Waals surface area contributed by atoms with Gasteiger partial charge in [0.1, 0.15) is 5.52 Å². The summed E-state index contributed by atoms with van der Waals surface area (Å²) >= 11 is 0. The number of carbonyl (C=O) groups excluding carboxylic acids is 1. The highest BCUT2D eigenvalue weighted by molar-refractivity contribution is 6.03. The summed E-state index contributed by atoms with van der Waals surface area (Å²) in [5.74, 6) is -2.47. The second-order valence-corrected chi connectivity index (χ2v) is 5.54. The normalized spacial score (nSPS) is 23.5. The molecule has 104 valence electrons. The molecule has 0 saturated heterocycles. The molecule has 2 aromatic rings. The number of carbonyl (C=O) groups is 2. The molecule has 2 N–H and O–H groups in total. The first-order chi connectivity index (χ1) is 9.43. The summed E-state index contributed by atoms with van der Waals surface area (Å²) in [6.45, 7) is 3.54. The van der Waals surface area contributed by atoms with Crippen LogP contribution in [-0.4, -0.2) is 27.3 Å². The minimum absolute atomic E-state index is 0.321. The molecule has 1 heterocycles. The van der Waals surface area contributed by atoms with Gasteiger partial charge in [0.15, 0.2) is 5.52 Å². The molecule has 1 saturated carbocycles. The van der Waals surface area contributed by atoms with Gasteiger partial charge in [0.2, 0.25) is 5.91 Å².